The zero-order chi connectivity index (χ0) is 24.5. The fourth-order valence-corrected chi connectivity index (χ4v) is 3.66. The molecule has 0 aliphatic heterocycles. The maximum absolute atomic E-state index is 13.5. The van der Waals surface area contributed by atoms with E-state index in [0.717, 1.165) is 16.7 Å². The summed E-state index contributed by atoms with van der Waals surface area (Å²) in [6.07, 6.45) is 0.369. The van der Waals surface area contributed by atoms with Crippen molar-refractivity contribution in [1.82, 2.24) is 10.2 Å². The van der Waals surface area contributed by atoms with Gasteiger partial charge in [0.15, 0.2) is 6.61 Å². The summed E-state index contributed by atoms with van der Waals surface area (Å²) in [5, 5.41) is 2.96. The molecule has 2 amide bonds. The zero-order valence-electron chi connectivity index (χ0n) is 19.8. The molecule has 3 aromatic carbocycles. The van der Waals surface area contributed by atoms with E-state index in [-0.39, 0.29) is 36.8 Å². The predicted molar refractivity (Wildman–Crippen MR) is 131 cm³/mol. The van der Waals surface area contributed by atoms with E-state index in [4.69, 9.17) is 4.74 Å². The number of amides is 2. The first-order chi connectivity index (χ1) is 16.3. The largest absolute Gasteiger partial charge is 0.484 e. The molecule has 3 aromatic rings. The van der Waals surface area contributed by atoms with Crippen LogP contribution >= 0.6 is 0 Å². The van der Waals surface area contributed by atoms with E-state index in [1.54, 1.807) is 4.90 Å². The van der Waals surface area contributed by atoms with Crippen LogP contribution in [0.25, 0.3) is 0 Å². The summed E-state index contributed by atoms with van der Waals surface area (Å²) in [7, 11) is 0. The maximum Gasteiger partial charge on any atom is 0.261 e. The molecule has 0 aliphatic carbocycles. The molecule has 5 nitrogen and oxygen atoms in total. The summed E-state index contributed by atoms with van der Waals surface area (Å²) in [5.41, 5.74) is 2.93. The van der Waals surface area contributed by atoms with Crippen LogP contribution in [0.4, 0.5) is 4.39 Å². The average molecular weight is 463 g/mol. The number of nitrogens with zero attached hydrogens (tertiary/aromatic N) is 1. The number of rotatable bonds is 10. The Bertz CT molecular complexity index is 1080. The summed E-state index contributed by atoms with van der Waals surface area (Å²) in [6, 6.07) is 22.1. The molecular weight excluding hydrogens is 431 g/mol. The highest BCUT2D eigenvalue weighted by molar-refractivity contribution is 5.88. The van der Waals surface area contributed by atoms with E-state index >= 15 is 0 Å². The molecule has 0 saturated heterocycles. The van der Waals surface area contributed by atoms with Gasteiger partial charge in [0.05, 0.1) is 0 Å². The molecule has 1 atom stereocenters. The highest BCUT2D eigenvalue weighted by Gasteiger charge is 2.31. The second-order valence-corrected chi connectivity index (χ2v) is 8.56. The third-order valence-electron chi connectivity index (χ3n) is 5.48. The van der Waals surface area contributed by atoms with Gasteiger partial charge in [0.2, 0.25) is 5.91 Å². The molecule has 0 saturated carbocycles. The van der Waals surface area contributed by atoms with Gasteiger partial charge in [0, 0.05) is 19.0 Å². The van der Waals surface area contributed by atoms with Crippen LogP contribution in [0.2, 0.25) is 0 Å². The van der Waals surface area contributed by atoms with Crippen molar-refractivity contribution < 1.29 is 18.7 Å². The molecule has 0 heterocycles. The molecular formula is C28H31FN2O3. The van der Waals surface area contributed by atoms with Crippen LogP contribution in [-0.2, 0) is 22.6 Å². The minimum atomic E-state index is -0.728. The van der Waals surface area contributed by atoms with E-state index in [1.165, 1.54) is 24.3 Å². The molecule has 0 fully saturated rings. The molecule has 0 unspecified atom stereocenters. The lowest BCUT2D eigenvalue weighted by atomic mass is 10.0. The Morgan fingerprint density at radius 1 is 0.941 bits per heavy atom. The van der Waals surface area contributed by atoms with Crippen molar-refractivity contribution in [1.29, 1.82) is 0 Å². The average Bonchev–Trinajstić information content (AvgIpc) is 2.82. The van der Waals surface area contributed by atoms with Gasteiger partial charge in [-0.25, -0.2) is 4.39 Å². The molecule has 0 aromatic heterocycles. The number of ether oxygens (including phenoxy) is 1. The van der Waals surface area contributed by atoms with Crippen molar-refractivity contribution in [2.24, 2.45) is 0 Å². The first-order valence-electron chi connectivity index (χ1n) is 11.4. The van der Waals surface area contributed by atoms with Crippen LogP contribution in [0.3, 0.4) is 0 Å². The molecule has 1 N–H and O–H groups in total. The quantitative estimate of drug-likeness (QED) is 0.476. The highest BCUT2D eigenvalue weighted by Crippen LogP contribution is 2.18. The number of nitrogens with one attached hydrogen (secondary N) is 1. The van der Waals surface area contributed by atoms with Gasteiger partial charge in [0.25, 0.3) is 5.91 Å². The summed E-state index contributed by atoms with van der Waals surface area (Å²) < 4.78 is 18.9. The zero-order valence-corrected chi connectivity index (χ0v) is 19.8. The SMILES string of the molecule is Cc1ccccc1CN(C(=O)COc1ccc(F)cc1)[C@H](Cc1ccccc1)C(=O)NC(C)C. The monoisotopic (exact) mass is 462 g/mol. The van der Waals surface area contributed by atoms with Gasteiger partial charge in [-0.1, -0.05) is 54.6 Å². The van der Waals surface area contributed by atoms with Crippen molar-refractivity contribution in [3.8, 4) is 5.75 Å². The highest BCUT2D eigenvalue weighted by atomic mass is 19.1. The van der Waals surface area contributed by atoms with Crippen molar-refractivity contribution in [2.75, 3.05) is 6.61 Å². The number of halogens is 1. The lowest BCUT2D eigenvalue weighted by molar-refractivity contribution is -0.143. The number of hydrogen-bond acceptors (Lipinski definition) is 3. The molecule has 0 aliphatic rings. The van der Waals surface area contributed by atoms with Gasteiger partial charge in [-0.15, -0.1) is 0 Å². The topological polar surface area (TPSA) is 58.6 Å². The number of carbonyl (C=O) groups excluding carboxylic acids is 2. The molecule has 6 heteroatoms. The third-order valence-corrected chi connectivity index (χ3v) is 5.48. The van der Waals surface area contributed by atoms with Crippen molar-refractivity contribution in [2.45, 2.75) is 45.8 Å². The maximum atomic E-state index is 13.5. The second kappa shape index (κ2) is 12.0. The van der Waals surface area contributed by atoms with Crippen LogP contribution in [0.5, 0.6) is 5.75 Å². The van der Waals surface area contributed by atoms with Crippen molar-refractivity contribution >= 4 is 11.8 Å². The van der Waals surface area contributed by atoms with E-state index < -0.39 is 6.04 Å². The number of benzene rings is 3. The van der Waals surface area contributed by atoms with Crippen LogP contribution in [0.1, 0.15) is 30.5 Å². The summed E-state index contributed by atoms with van der Waals surface area (Å²) in [4.78, 5) is 28.4. The smallest absolute Gasteiger partial charge is 0.261 e. The lowest BCUT2D eigenvalue weighted by Crippen LogP contribution is -2.52. The molecule has 0 spiro atoms. The van der Waals surface area contributed by atoms with Gasteiger partial charge in [-0.3, -0.25) is 9.59 Å². The normalized spacial score (nSPS) is 11.7. The molecule has 178 valence electrons. The number of carbonyl (C=O) groups is 2. The number of hydrogen-bond donors (Lipinski definition) is 1. The van der Waals surface area contributed by atoms with E-state index in [9.17, 15) is 14.0 Å². The fourth-order valence-electron chi connectivity index (χ4n) is 3.66. The van der Waals surface area contributed by atoms with Crippen molar-refractivity contribution in [3.63, 3.8) is 0 Å². The van der Waals surface area contributed by atoms with Gasteiger partial charge in [-0.2, -0.15) is 0 Å². The Morgan fingerprint density at radius 3 is 2.24 bits per heavy atom. The van der Waals surface area contributed by atoms with Crippen molar-refractivity contribution in [3.05, 3.63) is 101 Å². The first-order valence-corrected chi connectivity index (χ1v) is 11.4. The van der Waals surface area contributed by atoms with Gasteiger partial charge in [0.1, 0.15) is 17.6 Å². The molecule has 34 heavy (non-hydrogen) atoms. The van der Waals surface area contributed by atoms with Crippen LogP contribution in [0, 0.1) is 12.7 Å². The Hall–Kier alpha value is -3.67. The Balaban J connectivity index is 1.91. The second-order valence-electron chi connectivity index (χ2n) is 8.56. The lowest BCUT2D eigenvalue weighted by Gasteiger charge is -2.32. The van der Waals surface area contributed by atoms with E-state index in [2.05, 4.69) is 5.32 Å². The summed E-state index contributed by atoms with van der Waals surface area (Å²) >= 11 is 0. The van der Waals surface area contributed by atoms with Gasteiger partial charge >= 0.3 is 0 Å². The Morgan fingerprint density at radius 2 is 1.59 bits per heavy atom. The molecule has 0 bridgehead atoms. The van der Waals surface area contributed by atoms with Crippen LogP contribution in [-0.4, -0.2) is 35.4 Å². The van der Waals surface area contributed by atoms with Crippen LogP contribution < -0.4 is 10.1 Å². The van der Waals surface area contributed by atoms with Crippen LogP contribution in [0.15, 0.2) is 78.9 Å². The molecule has 0 radical (unpaired) electrons. The Kier molecular flexibility index (Phi) is 8.79. The fraction of sp³-hybridized carbons (Fsp3) is 0.286. The van der Waals surface area contributed by atoms with E-state index in [1.807, 2.05) is 75.4 Å². The number of aryl methyl sites for hydroxylation is 1. The predicted octanol–water partition coefficient (Wildman–Crippen LogP) is 4.68. The first kappa shape index (κ1) is 25.0. The third kappa shape index (κ3) is 7.17. The molecule has 3 rings (SSSR count). The van der Waals surface area contributed by atoms with Gasteiger partial charge in [-0.05, 0) is 61.7 Å². The standard InChI is InChI=1S/C28H31FN2O3/c1-20(2)30-28(33)26(17-22-10-5-4-6-11-22)31(18-23-12-8-7-9-21(23)3)27(32)19-34-25-15-13-24(29)14-16-25/h4-16,20,26H,17-19H2,1-3H3,(H,30,33)/t26-/m1/s1. The Labute approximate surface area is 200 Å². The van der Waals surface area contributed by atoms with E-state index in [0.29, 0.717) is 12.2 Å². The minimum Gasteiger partial charge on any atom is -0.484 e. The summed E-state index contributed by atoms with van der Waals surface area (Å²) in [5.74, 6) is -0.542. The van der Waals surface area contributed by atoms with Gasteiger partial charge < -0.3 is 15.0 Å². The minimum absolute atomic E-state index is 0.0725. The summed E-state index contributed by atoms with van der Waals surface area (Å²) in [6.45, 7) is 5.76.